The fourth-order valence-electron chi connectivity index (χ4n) is 4.96. The zero-order valence-electron chi connectivity index (χ0n) is 14.7. The summed E-state index contributed by atoms with van der Waals surface area (Å²) in [5.74, 6) is 1.36. The summed E-state index contributed by atoms with van der Waals surface area (Å²) < 4.78 is 36.0. The Kier molecular flexibility index (Phi) is 4.05. The maximum atomic E-state index is 15.0. The Morgan fingerprint density at radius 3 is 2.85 bits per heavy atom. The number of ether oxygens (including phenoxy) is 1. The molecule has 4 unspecified atom stereocenters. The van der Waals surface area contributed by atoms with Crippen LogP contribution < -0.4 is 19.1 Å². The third-order valence-electron chi connectivity index (χ3n) is 6.28. The van der Waals surface area contributed by atoms with E-state index in [4.69, 9.17) is 4.74 Å². The lowest BCUT2D eigenvalue weighted by molar-refractivity contribution is -0.117. The standard InChI is InChI=1S/C18H22FN3O4S/c19-17-12-4-9(6-20-7-13-10-2-1-3-11(10)13)26-15(12)5-14(23)18(17)22-8-16(24)21-27(22)25/h5,9-11,13,20,23H,1-4,6-8H2,(H,21,24). The molecule has 0 spiro atoms. The summed E-state index contributed by atoms with van der Waals surface area (Å²) in [4.78, 5) is 11.4. The van der Waals surface area contributed by atoms with Crippen molar-refractivity contribution < 1.29 is 23.2 Å². The Morgan fingerprint density at radius 1 is 1.37 bits per heavy atom. The summed E-state index contributed by atoms with van der Waals surface area (Å²) in [7, 11) is 0. The van der Waals surface area contributed by atoms with Crippen molar-refractivity contribution >= 4 is 22.8 Å². The molecule has 4 atom stereocenters. The molecule has 4 aliphatic rings. The van der Waals surface area contributed by atoms with E-state index in [1.54, 1.807) is 0 Å². The van der Waals surface area contributed by atoms with Gasteiger partial charge in [0.1, 0.15) is 29.8 Å². The number of anilines is 1. The van der Waals surface area contributed by atoms with Gasteiger partial charge in [-0.3, -0.25) is 13.8 Å². The van der Waals surface area contributed by atoms with Crippen molar-refractivity contribution in [2.75, 3.05) is 23.9 Å². The maximum Gasteiger partial charge on any atom is 0.253 e. The average molecular weight is 395 g/mol. The van der Waals surface area contributed by atoms with Gasteiger partial charge in [-0.1, -0.05) is 6.42 Å². The van der Waals surface area contributed by atoms with Gasteiger partial charge in [-0.25, -0.2) is 8.60 Å². The lowest BCUT2D eigenvalue weighted by Gasteiger charge is -2.17. The van der Waals surface area contributed by atoms with Gasteiger partial charge in [0.2, 0.25) is 11.2 Å². The highest BCUT2D eigenvalue weighted by atomic mass is 32.2. The molecule has 0 aromatic heterocycles. The highest BCUT2D eigenvalue weighted by Crippen LogP contribution is 2.57. The van der Waals surface area contributed by atoms with Crippen molar-refractivity contribution in [1.29, 1.82) is 0 Å². The van der Waals surface area contributed by atoms with Crippen molar-refractivity contribution in [3.63, 3.8) is 0 Å². The molecule has 0 bridgehead atoms. The van der Waals surface area contributed by atoms with E-state index in [9.17, 15) is 14.1 Å². The molecule has 9 heteroatoms. The first-order chi connectivity index (χ1) is 13.0. The van der Waals surface area contributed by atoms with Crippen LogP contribution in [0.4, 0.5) is 10.1 Å². The number of hydrogen-bond donors (Lipinski definition) is 3. The topological polar surface area (TPSA) is 90.9 Å². The van der Waals surface area contributed by atoms with Gasteiger partial charge < -0.3 is 15.2 Å². The minimum absolute atomic E-state index is 0.202. The number of fused-ring (bicyclic) bond motifs is 2. The molecule has 1 amide bonds. The van der Waals surface area contributed by atoms with E-state index in [-0.39, 0.29) is 24.1 Å². The molecule has 1 saturated heterocycles. The molecule has 1 aromatic carbocycles. The predicted molar refractivity (Wildman–Crippen MR) is 97.0 cm³/mol. The van der Waals surface area contributed by atoms with Crippen LogP contribution in [0.1, 0.15) is 24.8 Å². The molecule has 2 saturated carbocycles. The van der Waals surface area contributed by atoms with Crippen molar-refractivity contribution in [1.82, 2.24) is 10.0 Å². The summed E-state index contributed by atoms with van der Waals surface area (Å²) >= 11 is -1.89. The van der Waals surface area contributed by atoms with Crippen LogP contribution in [0.2, 0.25) is 0 Å². The van der Waals surface area contributed by atoms with Gasteiger partial charge in [0, 0.05) is 24.6 Å². The van der Waals surface area contributed by atoms with Gasteiger partial charge >= 0.3 is 0 Å². The monoisotopic (exact) mass is 395 g/mol. The summed E-state index contributed by atoms with van der Waals surface area (Å²) in [6.07, 6.45) is 4.24. The number of carbonyl (C=O) groups excluding carboxylic acids is 1. The van der Waals surface area contributed by atoms with Crippen LogP contribution in [0, 0.1) is 23.6 Å². The van der Waals surface area contributed by atoms with Gasteiger partial charge in [0.05, 0.1) is 0 Å². The van der Waals surface area contributed by atoms with E-state index in [2.05, 4.69) is 10.0 Å². The summed E-state index contributed by atoms with van der Waals surface area (Å²) in [5, 5.41) is 13.7. The van der Waals surface area contributed by atoms with Crippen LogP contribution in [0.5, 0.6) is 11.5 Å². The highest BCUT2D eigenvalue weighted by molar-refractivity contribution is 7.85. The number of phenolic OH excluding ortho intramolecular Hbond substituents is 1. The number of phenols is 1. The number of carbonyl (C=O) groups is 1. The second-order valence-electron chi connectivity index (χ2n) is 7.87. The van der Waals surface area contributed by atoms with E-state index in [0.29, 0.717) is 24.3 Å². The minimum Gasteiger partial charge on any atom is -0.505 e. The number of nitrogens with one attached hydrogen (secondary N) is 2. The molecule has 1 aromatic rings. The number of aromatic hydroxyl groups is 1. The number of benzene rings is 1. The smallest absolute Gasteiger partial charge is 0.253 e. The van der Waals surface area contributed by atoms with Crippen LogP contribution in [0.15, 0.2) is 6.07 Å². The van der Waals surface area contributed by atoms with Crippen LogP contribution >= 0.6 is 0 Å². The first kappa shape index (κ1) is 17.2. The maximum absolute atomic E-state index is 15.0. The van der Waals surface area contributed by atoms with Gasteiger partial charge in [-0.15, -0.1) is 0 Å². The first-order valence-electron chi connectivity index (χ1n) is 9.43. The Labute approximate surface area is 159 Å². The lowest BCUT2D eigenvalue weighted by Crippen LogP contribution is -2.32. The summed E-state index contributed by atoms with van der Waals surface area (Å²) in [6.45, 7) is 1.34. The molecule has 0 radical (unpaired) electrons. The molecule has 146 valence electrons. The van der Waals surface area contributed by atoms with Gasteiger partial charge in [0.15, 0.2) is 5.82 Å². The predicted octanol–water partition coefficient (Wildman–Crippen LogP) is 0.985. The normalized spacial score (nSPS) is 33.6. The Balaban J connectivity index is 1.25. The van der Waals surface area contributed by atoms with Gasteiger partial charge in [0.25, 0.3) is 5.91 Å². The Bertz CT molecular complexity index is 825. The highest BCUT2D eigenvalue weighted by Gasteiger charge is 2.51. The molecule has 7 nitrogen and oxygen atoms in total. The molecule has 2 heterocycles. The molecule has 2 aliphatic carbocycles. The Morgan fingerprint density at radius 2 is 2.15 bits per heavy atom. The van der Waals surface area contributed by atoms with Crippen molar-refractivity contribution in [3.8, 4) is 11.5 Å². The fourth-order valence-corrected chi connectivity index (χ4v) is 5.90. The summed E-state index contributed by atoms with van der Waals surface area (Å²) in [5.41, 5.74) is 0.141. The number of halogens is 1. The largest absolute Gasteiger partial charge is 0.505 e. The van der Waals surface area contributed by atoms with Crippen LogP contribution in [-0.2, 0) is 22.4 Å². The van der Waals surface area contributed by atoms with Crippen molar-refractivity contribution in [2.45, 2.75) is 31.8 Å². The van der Waals surface area contributed by atoms with E-state index in [0.717, 1.165) is 28.6 Å². The molecule has 2 aliphatic heterocycles. The van der Waals surface area contributed by atoms with Crippen LogP contribution in [0.25, 0.3) is 0 Å². The molecular formula is C18H22FN3O4S. The zero-order valence-corrected chi connectivity index (χ0v) is 15.6. The van der Waals surface area contributed by atoms with Gasteiger partial charge in [-0.2, -0.15) is 0 Å². The minimum atomic E-state index is -1.89. The molecular weight excluding hydrogens is 373 g/mol. The molecule has 27 heavy (non-hydrogen) atoms. The number of amides is 1. The SMILES string of the molecule is O=C1CN(c2c(O)cc3c(c2F)CC(CNCC2C4CCCC42)O3)S(=O)N1. The van der Waals surface area contributed by atoms with E-state index in [1.165, 1.54) is 25.3 Å². The van der Waals surface area contributed by atoms with Gasteiger partial charge in [-0.05, 0) is 37.1 Å². The molecule has 3 fully saturated rings. The molecule has 3 N–H and O–H groups in total. The van der Waals surface area contributed by atoms with E-state index >= 15 is 4.39 Å². The number of rotatable bonds is 5. The number of hydrogen-bond acceptors (Lipinski definition) is 5. The van der Waals surface area contributed by atoms with Crippen LogP contribution in [-0.4, -0.2) is 41.0 Å². The first-order valence-corrected chi connectivity index (χ1v) is 10.5. The summed E-state index contributed by atoms with van der Waals surface area (Å²) in [6, 6.07) is 1.35. The quantitative estimate of drug-likeness (QED) is 0.692. The average Bonchev–Trinajstić information content (AvgIpc) is 3.03. The van der Waals surface area contributed by atoms with Crippen molar-refractivity contribution in [2.24, 2.45) is 17.8 Å². The Hall–Kier alpha value is -1.87. The molecule has 5 rings (SSSR count). The fraction of sp³-hybridized carbons (Fsp3) is 0.611. The third-order valence-corrected chi connectivity index (χ3v) is 7.39. The van der Waals surface area contributed by atoms with Crippen LogP contribution in [0.3, 0.4) is 0 Å². The van der Waals surface area contributed by atoms with E-state index in [1.807, 2.05) is 0 Å². The van der Waals surface area contributed by atoms with Crippen molar-refractivity contribution in [3.05, 3.63) is 17.4 Å². The second-order valence-corrected chi connectivity index (χ2v) is 9.01. The zero-order chi connectivity index (χ0) is 18.7. The van der Waals surface area contributed by atoms with E-state index < -0.39 is 22.9 Å². The lowest BCUT2D eigenvalue weighted by atomic mass is 10.1. The second kappa shape index (κ2) is 6.34. The third kappa shape index (κ3) is 2.87. The number of nitrogens with zero attached hydrogens (tertiary/aromatic N) is 1.